The Morgan fingerprint density at radius 1 is 1.15 bits per heavy atom. The van der Waals surface area contributed by atoms with Gasteiger partial charge in [0.15, 0.2) is 0 Å². The van der Waals surface area contributed by atoms with E-state index in [4.69, 9.17) is 0 Å². The summed E-state index contributed by atoms with van der Waals surface area (Å²) in [6.07, 6.45) is 1.81. The molecule has 2 unspecified atom stereocenters. The van der Waals surface area contributed by atoms with Crippen LogP contribution in [0.4, 0.5) is 5.69 Å². The highest BCUT2D eigenvalue weighted by atomic mass is 16.6. The number of nitrogens with one attached hydrogen (secondary N) is 3. The molecule has 2 aromatic carbocycles. The number of carbonyl (C=O) groups excluding carboxylic acids is 1. The molecule has 1 amide bonds. The number of amides is 1. The van der Waals surface area contributed by atoms with E-state index < -0.39 is 4.92 Å². The molecule has 26 heavy (non-hydrogen) atoms. The molecule has 1 fully saturated rings. The number of non-ortho nitro benzene ring substituents is 1. The smallest absolute Gasteiger partial charge is 0.269 e. The normalized spacial score (nSPS) is 19.2. The summed E-state index contributed by atoms with van der Waals surface area (Å²) in [4.78, 5) is 22.9. The van der Waals surface area contributed by atoms with Gasteiger partial charge < -0.3 is 5.32 Å². The van der Waals surface area contributed by atoms with Crippen molar-refractivity contribution in [1.82, 2.24) is 16.2 Å². The number of nitro benzene ring substituents is 1. The van der Waals surface area contributed by atoms with Gasteiger partial charge in [0.05, 0.1) is 16.9 Å². The van der Waals surface area contributed by atoms with Crippen LogP contribution in [-0.4, -0.2) is 23.9 Å². The molecule has 3 N–H and O–H groups in total. The fraction of sp³-hybridized carbons (Fsp3) is 0.316. The molecule has 136 valence electrons. The quantitative estimate of drug-likeness (QED) is 0.402. The van der Waals surface area contributed by atoms with Crippen LogP contribution >= 0.6 is 0 Å². The molecule has 3 rings (SSSR count). The summed E-state index contributed by atoms with van der Waals surface area (Å²) in [5.74, 6) is -0.271. The van der Waals surface area contributed by atoms with Crippen LogP contribution in [0.5, 0.6) is 0 Å². The van der Waals surface area contributed by atoms with Crippen molar-refractivity contribution < 1.29 is 9.72 Å². The minimum Gasteiger partial charge on any atom is -0.356 e. The summed E-state index contributed by atoms with van der Waals surface area (Å²) in [6, 6.07) is 16.3. The monoisotopic (exact) mass is 354 g/mol. The third-order valence-corrected chi connectivity index (χ3v) is 4.57. The molecule has 0 spiro atoms. The molecular weight excluding hydrogens is 332 g/mol. The zero-order valence-electron chi connectivity index (χ0n) is 14.4. The van der Waals surface area contributed by atoms with Gasteiger partial charge in [0.1, 0.15) is 0 Å². The van der Waals surface area contributed by atoms with Crippen LogP contribution in [-0.2, 0) is 11.2 Å². The molecule has 0 aromatic heterocycles. The first kappa shape index (κ1) is 18.0. The summed E-state index contributed by atoms with van der Waals surface area (Å²) in [5.41, 5.74) is 8.25. The highest BCUT2D eigenvalue weighted by molar-refractivity contribution is 5.80. The van der Waals surface area contributed by atoms with Gasteiger partial charge in [0, 0.05) is 25.2 Å². The SMILES string of the molecule is O=C(NCCCc1ccccc1)C1CNNC1c1ccc([N+](=O)[O-])cc1. The highest BCUT2D eigenvalue weighted by Crippen LogP contribution is 2.26. The third-order valence-electron chi connectivity index (χ3n) is 4.57. The number of aryl methyl sites for hydroxylation is 1. The van der Waals surface area contributed by atoms with E-state index in [9.17, 15) is 14.9 Å². The summed E-state index contributed by atoms with van der Waals surface area (Å²) in [5, 5.41) is 13.8. The first-order valence-electron chi connectivity index (χ1n) is 8.69. The number of hydrogen-bond donors (Lipinski definition) is 3. The number of nitro groups is 1. The largest absolute Gasteiger partial charge is 0.356 e. The molecule has 1 heterocycles. The van der Waals surface area contributed by atoms with Crippen molar-refractivity contribution in [2.75, 3.05) is 13.1 Å². The Labute approximate surface area is 151 Å². The molecule has 7 heteroatoms. The van der Waals surface area contributed by atoms with Crippen molar-refractivity contribution in [2.45, 2.75) is 18.9 Å². The molecule has 1 saturated heterocycles. The van der Waals surface area contributed by atoms with E-state index in [-0.39, 0.29) is 23.6 Å². The molecule has 0 saturated carbocycles. The van der Waals surface area contributed by atoms with Crippen molar-refractivity contribution in [1.29, 1.82) is 0 Å². The van der Waals surface area contributed by atoms with Gasteiger partial charge >= 0.3 is 0 Å². The maximum Gasteiger partial charge on any atom is 0.269 e. The van der Waals surface area contributed by atoms with E-state index in [1.165, 1.54) is 17.7 Å². The highest BCUT2D eigenvalue weighted by Gasteiger charge is 2.33. The maximum atomic E-state index is 12.5. The summed E-state index contributed by atoms with van der Waals surface area (Å²) in [7, 11) is 0. The minimum absolute atomic E-state index is 0.0149. The molecule has 2 aromatic rings. The van der Waals surface area contributed by atoms with Crippen molar-refractivity contribution in [2.24, 2.45) is 5.92 Å². The number of nitrogens with zero attached hydrogens (tertiary/aromatic N) is 1. The van der Waals surface area contributed by atoms with Gasteiger partial charge in [-0.1, -0.05) is 42.5 Å². The Morgan fingerprint density at radius 2 is 1.88 bits per heavy atom. The van der Waals surface area contributed by atoms with Crippen LogP contribution in [0.15, 0.2) is 54.6 Å². The second-order valence-electron chi connectivity index (χ2n) is 6.34. The molecule has 0 bridgehead atoms. The number of hydrogen-bond acceptors (Lipinski definition) is 5. The van der Waals surface area contributed by atoms with E-state index in [1.807, 2.05) is 18.2 Å². The molecule has 0 radical (unpaired) electrons. The standard InChI is InChI=1S/C19H22N4O3/c24-19(20-12-4-7-14-5-2-1-3-6-14)17-13-21-22-18(17)15-8-10-16(11-9-15)23(25)26/h1-3,5-6,8-11,17-18,21-22H,4,7,12-13H2,(H,20,24). The fourth-order valence-electron chi connectivity index (χ4n) is 3.14. The fourth-order valence-corrected chi connectivity index (χ4v) is 3.14. The van der Waals surface area contributed by atoms with E-state index >= 15 is 0 Å². The van der Waals surface area contributed by atoms with Crippen LogP contribution in [0.2, 0.25) is 0 Å². The molecule has 1 aliphatic rings. The minimum atomic E-state index is -0.430. The van der Waals surface area contributed by atoms with Gasteiger partial charge in [-0.2, -0.15) is 0 Å². The summed E-state index contributed by atoms with van der Waals surface area (Å²) < 4.78 is 0. The molecule has 0 aliphatic carbocycles. The topological polar surface area (TPSA) is 96.3 Å². The number of benzene rings is 2. The summed E-state index contributed by atoms with van der Waals surface area (Å²) >= 11 is 0. The van der Waals surface area contributed by atoms with Crippen LogP contribution < -0.4 is 16.2 Å². The van der Waals surface area contributed by atoms with E-state index in [0.29, 0.717) is 13.1 Å². The predicted octanol–water partition coefficient (Wildman–Crippen LogP) is 2.11. The third kappa shape index (κ3) is 4.44. The van der Waals surface area contributed by atoms with Gasteiger partial charge in [-0.3, -0.25) is 20.3 Å². The van der Waals surface area contributed by atoms with Gasteiger partial charge in [-0.25, -0.2) is 5.43 Å². The molecule has 1 aliphatic heterocycles. The van der Waals surface area contributed by atoms with Crippen molar-refractivity contribution in [3.05, 3.63) is 75.8 Å². The summed E-state index contributed by atoms with van der Waals surface area (Å²) in [6.45, 7) is 1.14. The lowest BCUT2D eigenvalue weighted by Gasteiger charge is -2.18. The lowest BCUT2D eigenvalue weighted by molar-refractivity contribution is -0.384. The predicted molar refractivity (Wildman–Crippen MR) is 98.2 cm³/mol. The number of carbonyl (C=O) groups is 1. The zero-order chi connectivity index (χ0) is 18.4. The Kier molecular flexibility index (Phi) is 5.93. The molecular formula is C19H22N4O3. The van der Waals surface area contributed by atoms with Gasteiger partial charge in [-0.15, -0.1) is 0 Å². The van der Waals surface area contributed by atoms with Gasteiger partial charge in [-0.05, 0) is 24.0 Å². The lowest BCUT2D eigenvalue weighted by Crippen LogP contribution is -2.35. The maximum absolute atomic E-state index is 12.5. The second kappa shape index (κ2) is 8.55. The Balaban J connectivity index is 1.52. The van der Waals surface area contributed by atoms with Crippen molar-refractivity contribution >= 4 is 11.6 Å². The lowest BCUT2D eigenvalue weighted by atomic mass is 9.94. The first-order valence-corrected chi connectivity index (χ1v) is 8.69. The second-order valence-corrected chi connectivity index (χ2v) is 6.34. The zero-order valence-corrected chi connectivity index (χ0v) is 14.4. The average molecular weight is 354 g/mol. The van der Waals surface area contributed by atoms with Gasteiger partial charge in [0.2, 0.25) is 5.91 Å². The number of rotatable bonds is 7. The van der Waals surface area contributed by atoms with E-state index in [2.05, 4.69) is 28.3 Å². The molecule has 7 nitrogen and oxygen atoms in total. The van der Waals surface area contributed by atoms with Crippen LogP contribution in [0.1, 0.15) is 23.6 Å². The Morgan fingerprint density at radius 3 is 2.58 bits per heavy atom. The van der Waals surface area contributed by atoms with Crippen molar-refractivity contribution in [3.63, 3.8) is 0 Å². The van der Waals surface area contributed by atoms with E-state index in [0.717, 1.165) is 18.4 Å². The average Bonchev–Trinajstić information content (AvgIpc) is 3.16. The van der Waals surface area contributed by atoms with E-state index in [1.54, 1.807) is 12.1 Å². The van der Waals surface area contributed by atoms with Crippen LogP contribution in [0.3, 0.4) is 0 Å². The molecule has 2 atom stereocenters. The first-order chi connectivity index (χ1) is 12.6. The van der Waals surface area contributed by atoms with Crippen LogP contribution in [0.25, 0.3) is 0 Å². The Hall–Kier alpha value is -2.77. The van der Waals surface area contributed by atoms with Crippen molar-refractivity contribution in [3.8, 4) is 0 Å². The Bertz CT molecular complexity index is 749. The van der Waals surface area contributed by atoms with Crippen LogP contribution in [0, 0.1) is 16.0 Å². The number of hydrazine groups is 1. The van der Waals surface area contributed by atoms with Gasteiger partial charge in [0.25, 0.3) is 5.69 Å².